The molecule has 1 aromatic heterocycles. The minimum absolute atomic E-state index is 0.0480. The van der Waals surface area contributed by atoms with E-state index in [9.17, 15) is 5.11 Å². The van der Waals surface area contributed by atoms with Gasteiger partial charge in [-0.15, -0.1) is 0 Å². The predicted molar refractivity (Wildman–Crippen MR) is 140 cm³/mol. The number of rotatable bonds is 9. The zero-order chi connectivity index (χ0) is 24.6. The average molecular weight is 484 g/mol. The number of ether oxygens (including phenoxy) is 2. The molecule has 6 heteroatoms. The third-order valence-electron chi connectivity index (χ3n) is 6.75. The second-order valence-electron chi connectivity index (χ2n) is 9.32. The number of aliphatic hydroxyl groups is 1. The van der Waals surface area contributed by atoms with Gasteiger partial charge in [-0.2, -0.15) is 0 Å². The molecular weight excluding hydrogens is 450 g/mol. The van der Waals surface area contributed by atoms with E-state index in [0.29, 0.717) is 19.6 Å². The van der Waals surface area contributed by atoms with Crippen molar-refractivity contribution in [3.8, 4) is 11.5 Å². The standard InChI is InChI=1S/C30H33N3O3/c34-29-14-17-32(16-13-28(29)33-18-15-31-23-33)20-26-19-27(35-21-24-7-3-1-4-8-24)11-12-30(26)36-22-25-9-5-2-6-10-25/h1-12,15,18-19,23,28-29,34H,13-14,16-17,20-22H2/t28-,29-/m0/s1. The molecule has 1 aliphatic rings. The summed E-state index contributed by atoms with van der Waals surface area (Å²) < 4.78 is 14.4. The summed E-state index contributed by atoms with van der Waals surface area (Å²) in [6.45, 7) is 3.47. The number of imidazole rings is 1. The zero-order valence-corrected chi connectivity index (χ0v) is 20.4. The second kappa shape index (κ2) is 11.9. The van der Waals surface area contributed by atoms with Crippen LogP contribution in [0.2, 0.25) is 0 Å². The van der Waals surface area contributed by atoms with Crippen LogP contribution in [0.1, 0.15) is 35.6 Å². The minimum atomic E-state index is -0.390. The van der Waals surface area contributed by atoms with Crippen molar-refractivity contribution in [1.82, 2.24) is 14.5 Å². The Labute approximate surface area is 212 Å². The van der Waals surface area contributed by atoms with Crippen molar-refractivity contribution >= 4 is 0 Å². The van der Waals surface area contributed by atoms with E-state index in [-0.39, 0.29) is 6.04 Å². The molecule has 0 bridgehead atoms. The van der Waals surface area contributed by atoms with Crippen LogP contribution in [0.3, 0.4) is 0 Å². The van der Waals surface area contributed by atoms with Gasteiger partial charge >= 0.3 is 0 Å². The van der Waals surface area contributed by atoms with Crippen LogP contribution in [-0.2, 0) is 19.8 Å². The van der Waals surface area contributed by atoms with Crippen molar-refractivity contribution in [3.63, 3.8) is 0 Å². The molecule has 0 spiro atoms. The third-order valence-corrected chi connectivity index (χ3v) is 6.75. The lowest BCUT2D eigenvalue weighted by Gasteiger charge is -2.23. The van der Waals surface area contributed by atoms with Crippen LogP contribution in [0, 0.1) is 0 Å². The SMILES string of the molecule is O[C@H]1CCN(Cc2cc(OCc3ccccc3)ccc2OCc2ccccc2)CC[C@@H]1n1ccnc1. The van der Waals surface area contributed by atoms with E-state index in [1.807, 2.05) is 59.3 Å². The Hall–Kier alpha value is -3.61. The van der Waals surface area contributed by atoms with E-state index in [2.05, 4.69) is 40.2 Å². The van der Waals surface area contributed by atoms with Crippen LogP contribution in [0.25, 0.3) is 0 Å². The van der Waals surface area contributed by atoms with Crippen molar-refractivity contribution in [2.75, 3.05) is 13.1 Å². The van der Waals surface area contributed by atoms with Crippen LogP contribution < -0.4 is 9.47 Å². The summed E-state index contributed by atoms with van der Waals surface area (Å²) in [5, 5.41) is 10.8. The molecule has 2 heterocycles. The number of hydrogen-bond donors (Lipinski definition) is 1. The first-order valence-electron chi connectivity index (χ1n) is 12.6. The molecule has 0 unspecified atom stereocenters. The Morgan fingerprint density at radius 2 is 1.53 bits per heavy atom. The maximum atomic E-state index is 10.8. The monoisotopic (exact) mass is 483 g/mol. The Kier molecular flexibility index (Phi) is 7.96. The quantitative estimate of drug-likeness (QED) is 0.353. The van der Waals surface area contributed by atoms with Gasteiger partial charge in [0.2, 0.25) is 0 Å². The van der Waals surface area contributed by atoms with Crippen LogP contribution >= 0.6 is 0 Å². The lowest BCUT2D eigenvalue weighted by Crippen LogP contribution is -2.25. The van der Waals surface area contributed by atoms with Crippen molar-refractivity contribution in [3.05, 3.63) is 114 Å². The predicted octanol–water partition coefficient (Wildman–Crippen LogP) is 5.24. The topological polar surface area (TPSA) is 59.8 Å². The van der Waals surface area contributed by atoms with Gasteiger partial charge in [0, 0.05) is 37.6 Å². The first-order valence-corrected chi connectivity index (χ1v) is 12.6. The van der Waals surface area contributed by atoms with Gasteiger partial charge < -0.3 is 19.1 Å². The third kappa shape index (κ3) is 6.33. The molecule has 36 heavy (non-hydrogen) atoms. The fourth-order valence-electron chi connectivity index (χ4n) is 4.72. The Morgan fingerprint density at radius 3 is 2.22 bits per heavy atom. The molecule has 3 aromatic carbocycles. The Balaban J connectivity index is 1.30. The summed E-state index contributed by atoms with van der Waals surface area (Å²) in [4.78, 5) is 6.56. The van der Waals surface area contributed by atoms with E-state index in [1.165, 1.54) is 0 Å². The summed E-state index contributed by atoms with van der Waals surface area (Å²) >= 11 is 0. The van der Waals surface area contributed by atoms with E-state index in [0.717, 1.165) is 54.2 Å². The van der Waals surface area contributed by atoms with E-state index >= 15 is 0 Å². The molecule has 4 aromatic rings. The van der Waals surface area contributed by atoms with E-state index in [1.54, 1.807) is 12.5 Å². The normalized spacial score (nSPS) is 18.5. The van der Waals surface area contributed by atoms with Gasteiger partial charge in [0.25, 0.3) is 0 Å². The lowest BCUT2D eigenvalue weighted by molar-refractivity contribution is 0.107. The summed E-state index contributed by atoms with van der Waals surface area (Å²) in [6.07, 6.45) is 6.69. The lowest BCUT2D eigenvalue weighted by atomic mass is 10.1. The number of likely N-dealkylation sites (tertiary alicyclic amines) is 1. The van der Waals surface area contributed by atoms with Gasteiger partial charge in [-0.1, -0.05) is 60.7 Å². The molecule has 1 N–H and O–H groups in total. The molecule has 0 aliphatic carbocycles. The fourth-order valence-corrected chi connectivity index (χ4v) is 4.72. The fraction of sp³-hybridized carbons (Fsp3) is 0.300. The summed E-state index contributed by atoms with van der Waals surface area (Å²) in [5.74, 6) is 1.69. The van der Waals surface area contributed by atoms with Gasteiger partial charge in [0.05, 0.1) is 18.5 Å². The molecule has 1 saturated heterocycles. The van der Waals surface area contributed by atoms with Gasteiger partial charge in [-0.05, 0) is 42.2 Å². The number of benzene rings is 3. The first-order chi connectivity index (χ1) is 17.7. The summed E-state index contributed by atoms with van der Waals surface area (Å²) in [6, 6.07) is 26.5. The van der Waals surface area contributed by atoms with Crippen LogP contribution in [-0.4, -0.2) is 38.8 Å². The molecule has 6 nitrogen and oxygen atoms in total. The highest BCUT2D eigenvalue weighted by Gasteiger charge is 2.26. The summed E-state index contributed by atoms with van der Waals surface area (Å²) in [5.41, 5.74) is 3.36. The molecule has 2 atom stereocenters. The molecular formula is C30H33N3O3. The second-order valence-corrected chi connectivity index (χ2v) is 9.32. The highest BCUT2D eigenvalue weighted by molar-refractivity contribution is 5.40. The van der Waals surface area contributed by atoms with Crippen LogP contribution in [0.4, 0.5) is 0 Å². The van der Waals surface area contributed by atoms with Crippen molar-refractivity contribution in [1.29, 1.82) is 0 Å². The zero-order valence-electron chi connectivity index (χ0n) is 20.4. The van der Waals surface area contributed by atoms with Crippen molar-refractivity contribution in [2.24, 2.45) is 0 Å². The molecule has 186 valence electrons. The van der Waals surface area contributed by atoms with Gasteiger partial charge in [0.15, 0.2) is 0 Å². The smallest absolute Gasteiger partial charge is 0.124 e. The minimum Gasteiger partial charge on any atom is -0.489 e. The van der Waals surface area contributed by atoms with Crippen LogP contribution in [0.5, 0.6) is 11.5 Å². The van der Waals surface area contributed by atoms with E-state index in [4.69, 9.17) is 9.47 Å². The maximum Gasteiger partial charge on any atom is 0.124 e. The van der Waals surface area contributed by atoms with Crippen molar-refractivity contribution < 1.29 is 14.6 Å². The number of aliphatic hydroxyl groups excluding tert-OH is 1. The van der Waals surface area contributed by atoms with Gasteiger partial charge in [-0.25, -0.2) is 4.98 Å². The van der Waals surface area contributed by atoms with E-state index < -0.39 is 6.10 Å². The van der Waals surface area contributed by atoms with Crippen molar-refractivity contribution in [2.45, 2.75) is 44.7 Å². The molecule has 0 amide bonds. The highest BCUT2D eigenvalue weighted by Crippen LogP contribution is 2.29. The van der Waals surface area contributed by atoms with Crippen LogP contribution in [0.15, 0.2) is 97.6 Å². The molecule has 5 rings (SSSR count). The largest absolute Gasteiger partial charge is 0.489 e. The van der Waals surface area contributed by atoms with Gasteiger partial charge in [-0.3, -0.25) is 4.90 Å². The average Bonchev–Trinajstić information content (AvgIpc) is 3.39. The highest BCUT2D eigenvalue weighted by atomic mass is 16.5. The first kappa shape index (κ1) is 24.1. The molecule has 1 aliphatic heterocycles. The molecule has 1 fully saturated rings. The summed E-state index contributed by atoms with van der Waals surface area (Å²) in [7, 11) is 0. The molecule has 0 saturated carbocycles. The Morgan fingerprint density at radius 1 is 0.833 bits per heavy atom. The molecule has 0 radical (unpaired) electrons. The Bertz CT molecular complexity index is 1200. The maximum absolute atomic E-state index is 10.8. The number of aromatic nitrogens is 2. The number of nitrogens with zero attached hydrogens (tertiary/aromatic N) is 3. The van der Waals surface area contributed by atoms with Gasteiger partial charge in [0.1, 0.15) is 24.7 Å². The number of hydrogen-bond acceptors (Lipinski definition) is 5.